The van der Waals surface area contributed by atoms with Gasteiger partial charge in [-0.05, 0) is 18.2 Å². The Bertz CT molecular complexity index is 353. The van der Waals surface area contributed by atoms with Crippen LogP contribution in [0.3, 0.4) is 0 Å². The van der Waals surface area contributed by atoms with Gasteiger partial charge in [0.1, 0.15) is 0 Å². The Labute approximate surface area is 89.9 Å². The zero-order valence-corrected chi connectivity index (χ0v) is 9.10. The van der Waals surface area contributed by atoms with Gasteiger partial charge in [0.25, 0.3) is 0 Å². The minimum atomic E-state index is 0.512. The summed E-state index contributed by atoms with van der Waals surface area (Å²) in [5, 5.41) is 3.78. The highest BCUT2D eigenvalue weighted by molar-refractivity contribution is 6.33. The average molecular weight is 209 g/mol. The van der Waals surface area contributed by atoms with E-state index in [1.54, 1.807) is 0 Å². The maximum Gasteiger partial charge on any atom is 0.0763 e. The smallest absolute Gasteiger partial charge is 0.0763 e. The van der Waals surface area contributed by atoms with Gasteiger partial charge in [-0.2, -0.15) is 0 Å². The average Bonchev–Trinajstić information content (AvgIpc) is 2.14. The molecule has 0 bridgehead atoms. The Morgan fingerprint density at radius 2 is 2.21 bits per heavy atom. The second kappa shape index (κ2) is 4.78. The molecule has 0 unspecified atom stereocenters. The van der Waals surface area contributed by atoms with Crippen LogP contribution in [0.2, 0.25) is 5.02 Å². The summed E-state index contributed by atoms with van der Waals surface area (Å²) in [7, 11) is 3.91. The number of rotatable bonds is 3. The number of nitrogens with one attached hydrogen (secondary N) is 1. The molecule has 0 spiro atoms. The standard InChI is InChI=1S/C11H13ClN2/c1-4-7-13-9-5-6-11(14(2)3)10(12)8-9/h1,5-6,8,13H,7H2,2-3H3. The van der Waals surface area contributed by atoms with Crippen molar-refractivity contribution in [2.24, 2.45) is 0 Å². The fraction of sp³-hybridized carbons (Fsp3) is 0.273. The fourth-order valence-electron chi connectivity index (χ4n) is 1.13. The molecule has 0 aliphatic heterocycles. The van der Waals surface area contributed by atoms with Crippen molar-refractivity contribution in [1.82, 2.24) is 0 Å². The van der Waals surface area contributed by atoms with Gasteiger partial charge in [-0.1, -0.05) is 17.5 Å². The van der Waals surface area contributed by atoms with Crippen molar-refractivity contribution >= 4 is 23.0 Å². The SMILES string of the molecule is C#CCNc1ccc(N(C)C)c(Cl)c1. The van der Waals surface area contributed by atoms with Crippen LogP contribution in [0.1, 0.15) is 0 Å². The van der Waals surface area contributed by atoms with E-state index < -0.39 is 0 Å². The highest BCUT2D eigenvalue weighted by Gasteiger charge is 2.02. The van der Waals surface area contributed by atoms with E-state index in [-0.39, 0.29) is 0 Å². The van der Waals surface area contributed by atoms with Gasteiger partial charge in [0, 0.05) is 19.8 Å². The molecule has 14 heavy (non-hydrogen) atoms. The maximum atomic E-state index is 6.07. The highest BCUT2D eigenvalue weighted by atomic mass is 35.5. The molecule has 3 heteroatoms. The van der Waals surface area contributed by atoms with Gasteiger partial charge in [-0.15, -0.1) is 6.42 Å². The molecule has 0 saturated heterocycles. The van der Waals surface area contributed by atoms with E-state index in [2.05, 4.69) is 11.2 Å². The van der Waals surface area contributed by atoms with Gasteiger partial charge >= 0.3 is 0 Å². The molecule has 0 aliphatic rings. The van der Waals surface area contributed by atoms with E-state index in [1.165, 1.54) is 0 Å². The van der Waals surface area contributed by atoms with E-state index in [9.17, 15) is 0 Å². The first kappa shape index (κ1) is 10.7. The minimum Gasteiger partial charge on any atom is -0.376 e. The third-order valence-corrected chi connectivity index (χ3v) is 2.13. The predicted molar refractivity (Wildman–Crippen MR) is 63.1 cm³/mol. The summed E-state index contributed by atoms with van der Waals surface area (Å²) in [6.45, 7) is 0.512. The predicted octanol–water partition coefficient (Wildman–Crippen LogP) is 2.45. The lowest BCUT2D eigenvalue weighted by Crippen LogP contribution is -2.09. The molecular weight excluding hydrogens is 196 g/mol. The van der Waals surface area contributed by atoms with E-state index in [0.29, 0.717) is 6.54 Å². The lowest BCUT2D eigenvalue weighted by Gasteiger charge is -2.15. The highest BCUT2D eigenvalue weighted by Crippen LogP contribution is 2.27. The van der Waals surface area contributed by atoms with Crippen molar-refractivity contribution < 1.29 is 0 Å². The number of halogens is 1. The summed E-state index contributed by atoms with van der Waals surface area (Å²) >= 11 is 6.07. The number of anilines is 2. The number of hydrogen-bond acceptors (Lipinski definition) is 2. The molecule has 1 rings (SSSR count). The second-order valence-electron chi connectivity index (χ2n) is 3.12. The molecule has 0 saturated carbocycles. The van der Waals surface area contributed by atoms with Crippen LogP contribution in [0.5, 0.6) is 0 Å². The molecule has 0 aliphatic carbocycles. The van der Waals surface area contributed by atoms with Crippen LogP contribution < -0.4 is 10.2 Å². The van der Waals surface area contributed by atoms with Crippen LogP contribution in [-0.4, -0.2) is 20.6 Å². The van der Waals surface area contributed by atoms with Crippen LogP contribution >= 0.6 is 11.6 Å². The van der Waals surface area contributed by atoms with Crippen LogP contribution in [-0.2, 0) is 0 Å². The summed E-state index contributed by atoms with van der Waals surface area (Å²) in [5.74, 6) is 2.51. The molecule has 0 aromatic heterocycles. The quantitative estimate of drug-likeness (QED) is 0.768. The summed E-state index contributed by atoms with van der Waals surface area (Å²) in [4.78, 5) is 1.97. The molecule has 0 heterocycles. The molecule has 0 atom stereocenters. The first-order valence-electron chi connectivity index (χ1n) is 4.29. The second-order valence-corrected chi connectivity index (χ2v) is 3.53. The summed E-state index contributed by atoms with van der Waals surface area (Å²) < 4.78 is 0. The Morgan fingerprint density at radius 1 is 1.50 bits per heavy atom. The number of benzene rings is 1. The lowest BCUT2D eigenvalue weighted by atomic mass is 10.2. The Kier molecular flexibility index (Phi) is 3.67. The van der Waals surface area contributed by atoms with Crippen LogP contribution in [0, 0.1) is 12.3 Å². The number of terminal acetylenes is 1. The first-order valence-corrected chi connectivity index (χ1v) is 4.67. The molecule has 0 amide bonds. The van der Waals surface area contributed by atoms with Gasteiger partial charge in [-0.25, -0.2) is 0 Å². The van der Waals surface area contributed by atoms with E-state index in [4.69, 9.17) is 18.0 Å². The zero-order valence-electron chi connectivity index (χ0n) is 8.34. The number of nitrogens with zero attached hydrogens (tertiary/aromatic N) is 1. The van der Waals surface area contributed by atoms with Crippen LogP contribution in [0.25, 0.3) is 0 Å². The number of hydrogen-bond donors (Lipinski definition) is 1. The van der Waals surface area contributed by atoms with E-state index in [0.717, 1.165) is 16.4 Å². The fourth-order valence-corrected chi connectivity index (χ4v) is 1.48. The van der Waals surface area contributed by atoms with E-state index >= 15 is 0 Å². The van der Waals surface area contributed by atoms with Crippen molar-refractivity contribution in [1.29, 1.82) is 0 Å². The van der Waals surface area contributed by atoms with E-state index in [1.807, 2.05) is 37.2 Å². The van der Waals surface area contributed by atoms with Crippen molar-refractivity contribution in [2.75, 3.05) is 30.9 Å². The van der Waals surface area contributed by atoms with Gasteiger partial charge in [0.05, 0.1) is 17.3 Å². The third kappa shape index (κ3) is 2.58. The van der Waals surface area contributed by atoms with Gasteiger partial charge in [-0.3, -0.25) is 0 Å². The van der Waals surface area contributed by atoms with Gasteiger partial charge in [0.2, 0.25) is 0 Å². The van der Waals surface area contributed by atoms with Crippen molar-refractivity contribution in [2.45, 2.75) is 0 Å². The molecule has 1 aromatic carbocycles. The third-order valence-electron chi connectivity index (χ3n) is 1.82. The van der Waals surface area contributed by atoms with Crippen molar-refractivity contribution in [3.63, 3.8) is 0 Å². The summed E-state index contributed by atoms with van der Waals surface area (Å²) in [6.07, 6.45) is 5.14. The van der Waals surface area contributed by atoms with Crippen molar-refractivity contribution in [3.05, 3.63) is 23.2 Å². The maximum absolute atomic E-state index is 6.07. The normalized spacial score (nSPS) is 9.29. The molecule has 0 radical (unpaired) electrons. The molecule has 2 nitrogen and oxygen atoms in total. The Hall–Kier alpha value is -1.33. The Balaban J connectivity index is 2.85. The first-order chi connectivity index (χ1) is 6.65. The van der Waals surface area contributed by atoms with Crippen LogP contribution in [0.4, 0.5) is 11.4 Å². The molecule has 1 aromatic rings. The van der Waals surface area contributed by atoms with Crippen molar-refractivity contribution in [3.8, 4) is 12.3 Å². The largest absolute Gasteiger partial charge is 0.376 e. The monoisotopic (exact) mass is 208 g/mol. The topological polar surface area (TPSA) is 15.3 Å². The molecular formula is C11H13ClN2. The lowest BCUT2D eigenvalue weighted by molar-refractivity contribution is 1.13. The molecule has 1 N–H and O–H groups in total. The summed E-state index contributed by atoms with van der Waals surface area (Å²) in [5.41, 5.74) is 1.94. The Morgan fingerprint density at radius 3 is 2.71 bits per heavy atom. The zero-order chi connectivity index (χ0) is 10.6. The summed E-state index contributed by atoms with van der Waals surface area (Å²) in [6, 6.07) is 5.79. The minimum absolute atomic E-state index is 0.512. The molecule has 0 fully saturated rings. The molecule has 74 valence electrons. The van der Waals surface area contributed by atoms with Gasteiger partial charge in [0.15, 0.2) is 0 Å². The van der Waals surface area contributed by atoms with Gasteiger partial charge < -0.3 is 10.2 Å². The van der Waals surface area contributed by atoms with Crippen LogP contribution in [0.15, 0.2) is 18.2 Å².